The maximum absolute atomic E-state index is 12.7. The number of hydrogen-bond acceptors (Lipinski definition) is 5. The fourth-order valence-corrected chi connectivity index (χ4v) is 5.37. The summed E-state index contributed by atoms with van der Waals surface area (Å²) in [6.07, 6.45) is 5.27. The lowest BCUT2D eigenvalue weighted by Gasteiger charge is -2.14. The minimum absolute atomic E-state index is 0.00567. The zero-order chi connectivity index (χ0) is 30.3. The number of allylic oxidation sites excluding steroid dienone is 1. The van der Waals surface area contributed by atoms with E-state index >= 15 is 0 Å². The van der Waals surface area contributed by atoms with Gasteiger partial charge in [-0.1, -0.05) is 103 Å². The average molecular weight is 645 g/mol. The van der Waals surface area contributed by atoms with Gasteiger partial charge >= 0.3 is 0 Å². The van der Waals surface area contributed by atoms with Crippen LogP contribution in [0.15, 0.2) is 138 Å². The van der Waals surface area contributed by atoms with E-state index in [4.69, 9.17) is 4.98 Å². The van der Waals surface area contributed by atoms with Gasteiger partial charge in [-0.05, 0) is 56.4 Å². The number of halogens is 1. The Morgan fingerprint density at radius 2 is 1.45 bits per heavy atom. The number of carbonyl (C=O) groups excluding carboxylic acids is 1. The maximum atomic E-state index is 12.7. The second-order valence-electron chi connectivity index (χ2n) is 10.3. The van der Waals surface area contributed by atoms with E-state index in [1.54, 1.807) is 28.9 Å². The van der Waals surface area contributed by atoms with Crippen LogP contribution in [0, 0.1) is 0 Å². The monoisotopic (exact) mass is 643 g/mol. The number of nitrogens with one attached hydrogen (secondary N) is 2. The van der Waals surface area contributed by atoms with Gasteiger partial charge in [0.05, 0.1) is 16.4 Å². The number of hydrogen-bond donors (Lipinski definition) is 3. The van der Waals surface area contributed by atoms with Crippen molar-refractivity contribution in [1.82, 2.24) is 19.9 Å². The Morgan fingerprint density at radius 1 is 0.841 bits per heavy atom. The molecule has 8 heteroatoms. The molecule has 1 amide bonds. The number of phenols is 1. The second kappa shape index (κ2) is 13.4. The van der Waals surface area contributed by atoms with E-state index in [2.05, 4.69) is 55.9 Å². The Balaban J connectivity index is 1.09. The van der Waals surface area contributed by atoms with E-state index in [9.17, 15) is 9.90 Å². The zero-order valence-corrected chi connectivity index (χ0v) is 25.4. The van der Waals surface area contributed by atoms with E-state index in [0.717, 1.165) is 32.5 Å². The summed E-state index contributed by atoms with van der Waals surface area (Å²) in [6.45, 7) is 0.973. The summed E-state index contributed by atoms with van der Waals surface area (Å²) in [6, 6.07) is 37.4. The molecule has 6 aromatic rings. The summed E-state index contributed by atoms with van der Waals surface area (Å²) in [5.41, 5.74) is 6.26. The standard InChI is InChI=1S/C36H30BrN5O2/c37-31-24-40-42-34(21-32(41-36(31)42)30-13-7-8-14-33(30)43)38-22-25-15-17-26(18-16-25)23-39-35(44)20-19-29(27-9-3-1-4-10-27)28-11-5-2-6-12-28/h1-21,24,29,38,43H,22-23H2,(H,39,44)/b20-19+. The van der Waals surface area contributed by atoms with E-state index in [-0.39, 0.29) is 17.6 Å². The highest BCUT2D eigenvalue weighted by atomic mass is 79.9. The quantitative estimate of drug-likeness (QED) is 0.135. The second-order valence-corrected chi connectivity index (χ2v) is 11.2. The Kier molecular flexibility index (Phi) is 8.80. The summed E-state index contributed by atoms with van der Waals surface area (Å²) in [5, 5.41) is 21.3. The number of aromatic nitrogens is 3. The molecule has 0 atom stereocenters. The van der Waals surface area contributed by atoms with Crippen molar-refractivity contribution in [1.29, 1.82) is 0 Å². The van der Waals surface area contributed by atoms with Crippen molar-refractivity contribution in [2.45, 2.75) is 19.0 Å². The Bertz CT molecular complexity index is 1870. The molecule has 0 fully saturated rings. The van der Waals surface area contributed by atoms with Gasteiger partial charge in [0, 0.05) is 30.6 Å². The summed E-state index contributed by atoms with van der Waals surface area (Å²) in [5.74, 6) is 0.761. The highest BCUT2D eigenvalue weighted by molar-refractivity contribution is 9.10. The molecule has 4 aromatic carbocycles. The third kappa shape index (κ3) is 6.71. The molecule has 0 aliphatic heterocycles. The number of carbonyl (C=O) groups is 1. The number of fused-ring (bicyclic) bond motifs is 1. The normalized spacial score (nSPS) is 11.3. The molecule has 0 saturated heterocycles. The van der Waals surface area contributed by atoms with Crippen molar-refractivity contribution in [2.75, 3.05) is 5.32 Å². The fraction of sp³-hybridized carbons (Fsp3) is 0.0833. The van der Waals surface area contributed by atoms with Gasteiger partial charge in [0.25, 0.3) is 0 Å². The van der Waals surface area contributed by atoms with Crippen LogP contribution in [0.5, 0.6) is 5.75 Å². The third-order valence-electron chi connectivity index (χ3n) is 7.33. The van der Waals surface area contributed by atoms with Crippen LogP contribution < -0.4 is 10.6 Å². The highest BCUT2D eigenvalue weighted by Crippen LogP contribution is 2.31. The van der Waals surface area contributed by atoms with Crippen LogP contribution in [0.4, 0.5) is 5.82 Å². The van der Waals surface area contributed by atoms with Gasteiger partial charge in [-0.25, -0.2) is 4.98 Å². The molecule has 2 aromatic heterocycles. The molecular weight excluding hydrogens is 614 g/mol. The molecule has 0 saturated carbocycles. The number of anilines is 1. The number of phenolic OH excluding ortho intramolecular Hbond substituents is 1. The largest absolute Gasteiger partial charge is 0.507 e. The first-order valence-electron chi connectivity index (χ1n) is 14.3. The van der Waals surface area contributed by atoms with Crippen molar-refractivity contribution < 1.29 is 9.90 Å². The zero-order valence-electron chi connectivity index (χ0n) is 23.8. The van der Waals surface area contributed by atoms with Crippen LogP contribution in [-0.2, 0) is 17.9 Å². The SMILES string of the molecule is O=C(/C=C/C(c1ccccc1)c1ccccc1)NCc1ccc(CNc2cc(-c3ccccc3O)nc3c(Br)cnn23)cc1. The lowest BCUT2D eigenvalue weighted by atomic mass is 9.91. The fourth-order valence-electron chi connectivity index (χ4n) is 5.02. The van der Waals surface area contributed by atoms with Crippen LogP contribution in [0.1, 0.15) is 28.2 Å². The molecule has 44 heavy (non-hydrogen) atoms. The van der Waals surface area contributed by atoms with E-state index in [1.807, 2.05) is 84.9 Å². The molecule has 3 N–H and O–H groups in total. The molecule has 7 nitrogen and oxygen atoms in total. The predicted molar refractivity (Wildman–Crippen MR) is 177 cm³/mol. The molecule has 6 rings (SSSR count). The number of rotatable bonds is 10. The molecule has 0 aliphatic carbocycles. The van der Waals surface area contributed by atoms with E-state index < -0.39 is 0 Å². The Hall–Kier alpha value is -5.21. The molecule has 0 unspecified atom stereocenters. The van der Waals surface area contributed by atoms with Gasteiger partial charge < -0.3 is 15.7 Å². The predicted octanol–water partition coefficient (Wildman–Crippen LogP) is 7.48. The third-order valence-corrected chi connectivity index (χ3v) is 7.89. The Labute approximate surface area is 264 Å². The van der Waals surface area contributed by atoms with Crippen LogP contribution in [0.25, 0.3) is 16.9 Å². The minimum Gasteiger partial charge on any atom is -0.507 e. The van der Waals surface area contributed by atoms with Gasteiger partial charge in [-0.2, -0.15) is 9.61 Å². The summed E-state index contributed by atoms with van der Waals surface area (Å²) in [4.78, 5) is 17.4. The van der Waals surface area contributed by atoms with Crippen molar-refractivity contribution in [3.8, 4) is 17.0 Å². The summed E-state index contributed by atoms with van der Waals surface area (Å²) < 4.78 is 2.49. The molecule has 2 heterocycles. The topological polar surface area (TPSA) is 91.5 Å². The van der Waals surface area contributed by atoms with Crippen LogP contribution >= 0.6 is 15.9 Å². The molecule has 0 aliphatic rings. The van der Waals surface area contributed by atoms with Gasteiger partial charge in [-0.3, -0.25) is 4.79 Å². The number of nitrogens with zero attached hydrogens (tertiary/aromatic N) is 3. The van der Waals surface area contributed by atoms with Gasteiger partial charge in [0.2, 0.25) is 5.91 Å². The molecule has 218 valence electrons. The van der Waals surface area contributed by atoms with Crippen LogP contribution in [-0.4, -0.2) is 25.6 Å². The molecule has 0 spiro atoms. The summed E-state index contributed by atoms with van der Waals surface area (Å²) >= 11 is 3.52. The number of aromatic hydroxyl groups is 1. The lowest BCUT2D eigenvalue weighted by Crippen LogP contribution is -2.20. The van der Waals surface area contributed by atoms with Crippen molar-refractivity contribution in [3.05, 3.63) is 160 Å². The first-order chi connectivity index (χ1) is 21.5. The highest BCUT2D eigenvalue weighted by Gasteiger charge is 2.14. The smallest absolute Gasteiger partial charge is 0.243 e. The number of para-hydroxylation sites is 1. The van der Waals surface area contributed by atoms with Crippen LogP contribution in [0.2, 0.25) is 0 Å². The molecule has 0 bridgehead atoms. The average Bonchev–Trinajstić information content (AvgIpc) is 3.44. The number of amides is 1. The first kappa shape index (κ1) is 28.9. The lowest BCUT2D eigenvalue weighted by molar-refractivity contribution is -0.116. The summed E-state index contributed by atoms with van der Waals surface area (Å²) in [7, 11) is 0. The maximum Gasteiger partial charge on any atom is 0.243 e. The first-order valence-corrected chi connectivity index (χ1v) is 15.0. The van der Waals surface area contributed by atoms with E-state index in [0.29, 0.717) is 30.0 Å². The Morgan fingerprint density at radius 3 is 2.11 bits per heavy atom. The molecule has 0 radical (unpaired) electrons. The van der Waals surface area contributed by atoms with Crippen molar-refractivity contribution in [2.24, 2.45) is 0 Å². The van der Waals surface area contributed by atoms with Gasteiger partial charge in [0.15, 0.2) is 5.65 Å². The van der Waals surface area contributed by atoms with Gasteiger partial charge in [-0.15, -0.1) is 0 Å². The molecular formula is C36H30BrN5O2. The number of benzene rings is 4. The van der Waals surface area contributed by atoms with Gasteiger partial charge in [0.1, 0.15) is 11.6 Å². The van der Waals surface area contributed by atoms with E-state index in [1.165, 1.54) is 0 Å². The van der Waals surface area contributed by atoms with Crippen molar-refractivity contribution in [3.63, 3.8) is 0 Å². The van der Waals surface area contributed by atoms with Crippen molar-refractivity contribution >= 4 is 33.3 Å². The minimum atomic E-state index is -0.139. The van der Waals surface area contributed by atoms with Crippen LogP contribution in [0.3, 0.4) is 0 Å².